The van der Waals surface area contributed by atoms with Crippen LogP contribution in [-0.4, -0.2) is 11.9 Å². The Labute approximate surface area is 96.5 Å². The highest BCUT2D eigenvalue weighted by atomic mass is 16.2. The standard InChI is InChI=1S/C13H20N2O/c1-7(14)13(16)15-12-10-3-8-2-9(5-10)6-11(12)4-8/h8-12H,1-6,14H2,(H,15,16). The van der Waals surface area contributed by atoms with Crippen LogP contribution in [0.2, 0.25) is 0 Å². The first kappa shape index (κ1) is 10.2. The molecule has 0 aromatic carbocycles. The van der Waals surface area contributed by atoms with Crippen molar-refractivity contribution >= 4 is 5.91 Å². The van der Waals surface area contributed by atoms with Gasteiger partial charge in [-0.1, -0.05) is 6.58 Å². The number of hydrogen-bond acceptors (Lipinski definition) is 2. The fourth-order valence-electron chi connectivity index (χ4n) is 4.40. The molecule has 4 aliphatic carbocycles. The molecule has 0 aromatic heterocycles. The van der Waals surface area contributed by atoms with E-state index in [1.54, 1.807) is 0 Å². The highest BCUT2D eigenvalue weighted by Gasteiger charge is 2.48. The van der Waals surface area contributed by atoms with Gasteiger partial charge in [0.25, 0.3) is 5.91 Å². The summed E-state index contributed by atoms with van der Waals surface area (Å²) in [5.41, 5.74) is 5.58. The molecule has 1 amide bonds. The van der Waals surface area contributed by atoms with Gasteiger partial charge < -0.3 is 11.1 Å². The Kier molecular flexibility index (Phi) is 2.23. The normalized spacial score (nSPS) is 44.4. The monoisotopic (exact) mass is 220 g/mol. The van der Waals surface area contributed by atoms with E-state index in [4.69, 9.17) is 5.73 Å². The number of nitrogens with one attached hydrogen (secondary N) is 1. The van der Waals surface area contributed by atoms with Crippen LogP contribution in [0.5, 0.6) is 0 Å². The third-order valence-electron chi connectivity index (χ3n) is 4.82. The smallest absolute Gasteiger partial charge is 0.266 e. The SMILES string of the molecule is C=C(N)C(=O)NC1C2CC3CC(C2)CC1C3. The molecule has 0 spiro atoms. The third-order valence-corrected chi connectivity index (χ3v) is 4.82. The van der Waals surface area contributed by atoms with Gasteiger partial charge in [-0.2, -0.15) is 0 Å². The maximum atomic E-state index is 11.6. The second kappa shape index (κ2) is 3.51. The van der Waals surface area contributed by atoms with Gasteiger partial charge in [-0.15, -0.1) is 0 Å². The Morgan fingerprint density at radius 3 is 2.00 bits per heavy atom. The van der Waals surface area contributed by atoms with Gasteiger partial charge in [0.1, 0.15) is 0 Å². The third kappa shape index (κ3) is 1.53. The molecular weight excluding hydrogens is 200 g/mol. The summed E-state index contributed by atoms with van der Waals surface area (Å²) >= 11 is 0. The molecule has 0 unspecified atom stereocenters. The molecule has 0 aromatic rings. The predicted molar refractivity (Wildman–Crippen MR) is 62.3 cm³/mol. The topological polar surface area (TPSA) is 55.1 Å². The number of amides is 1. The minimum absolute atomic E-state index is 0.147. The van der Waals surface area contributed by atoms with E-state index in [0.717, 1.165) is 11.8 Å². The van der Waals surface area contributed by atoms with Gasteiger partial charge in [0.05, 0.1) is 5.70 Å². The molecule has 0 aliphatic heterocycles. The Morgan fingerprint density at radius 2 is 1.56 bits per heavy atom. The molecule has 0 atom stereocenters. The van der Waals surface area contributed by atoms with E-state index < -0.39 is 0 Å². The quantitative estimate of drug-likeness (QED) is 0.691. The minimum Gasteiger partial charge on any atom is -0.395 e. The number of nitrogens with two attached hydrogens (primary N) is 1. The highest BCUT2D eigenvalue weighted by molar-refractivity contribution is 5.92. The molecule has 4 fully saturated rings. The maximum absolute atomic E-state index is 11.6. The van der Waals surface area contributed by atoms with Crippen molar-refractivity contribution in [1.29, 1.82) is 0 Å². The lowest BCUT2D eigenvalue weighted by atomic mass is 9.54. The molecule has 0 heterocycles. The molecule has 0 radical (unpaired) electrons. The lowest BCUT2D eigenvalue weighted by Gasteiger charge is -2.54. The van der Waals surface area contributed by atoms with E-state index in [2.05, 4.69) is 11.9 Å². The summed E-state index contributed by atoms with van der Waals surface area (Å²) in [6.07, 6.45) is 6.70. The van der Waals surface area contributed by atoms with E-state index in [1.807, 2.05) is 0 Å². The second-order valence-corrected chi connectivity index (χ2v) is 5.96. The zero-order valence-electron chi connectivity index (χ0n) is 9.61. The highest BCUT2D eigenvalue weighted by Crippen LogP contribution is 2.53. The van der Waals surface area contributed by atoms with Gasteiger partial charge in [0.15, 0.2) is 0 Å². The van der Waals surface area contributed by atoms with Crippen LogP contribution in [0, 0.1) is 23.7 Å². The lowest BCUT2D eigenvalue weighted by molar-refractivity contribution is -0.121. The second-order valence-electron chi connectivity index (χ2n) is 5.96. The summed E-state index contributed by atoms with van der Waals surface area (Å²) in [6, 6.07) is 0.376. The van der Waals surface area contributed by atoms with Crippen molar-refractivity contribution < 1.29 is 4.79 Å². The van der Waals surface area contributed by atoms with Crippen LogP contribution < -0.4 is 11.1 Å². The molecule has 3 nitrogen and oxygen atoms in total. The first-order valence-corrected chi connectivity index (χ1v) is 6.38. The van der Waals surface area contributed by atoms with Crippen molar-refractivity contribution in [2.24, 2.45) is 29.4 Å². The average Bonchev–Trinajstić information content (AvgIpc) is 2.21. The van der Waals surface area contributed by atoms with Crippen molar-refractivity contribution in [3.63, 3.8) is 0 Å². The summed E-state index contributed by atoms with van der Waals surface area (Å²) < 4.78 is 0. The van der Waals surface area contributed by atoms with Gasteiger partial charge in [0, 0.05) is 6.04 Å². The molecule has 3 heteroatoms. The Balaban J connectivity index is 1.72. The van der Waals surface area contributed by atoms with Crippen molar-refractivity contribution in [3.8, 4) is 0 Å². The summed E-state index contributed by atoms with van der Waals surface area (Å²) in [4.78, 5) is 11.6. The van der Waals surface area contributed by atoms with Crippen LogP contribution in [0.1, 0.15) is 32.1 Å². The number of carbonyl (C=O) groups is 1. The number of hydrogen-bond donors (Lipinski definition) is 2. The first-order chi connectivity index (χ1) is 7.63. The van der Waals surface area contributed by atoms with E-state index >= 15 is 0 Å². The zero-order valence-corrected chi connectivity index (χ0v) is 9.61. The average molecular weight is 220 g/mol. The van der Waals surface area contributed by atoms with Gasteiger partial charge >= 0.3 is 0 Å². The van der Waals surface area contributed by atoms with Crippen molar-refractivity contribution in [2.75, 3.05) is 0 Å². The molecule has 4 aliphatic rings. The summed E-state index contributed by atoms with van der Waals surface area (Å²) in [6.45, 7) is 3.50. The van der Waals surface area contributed by atoms with Gasteiger partial charge in [-0.3, -0.25) is 4.79 Å². The zero-order chi connectivity index (χ0) is 11.3. The summed E-state index contributed by atoms with van der Waals surface area (Å²) in [5, 5.41) is 3.10. The van der Waals surface area contributed by atoms with E-state index in [1.165, 1.54) is 32.1 Å². The molecule has 0 saturated heterocycles. The van der Waals surface area contributed by atoms with E-state index in [9.17, 15) is 4.79 Å². The Morgan fingerprint density at radius 1 is 1.06 bits per heavy atom. The Hall–Kier alpha value is -0.990. The van der Waals surface area contributed by atoms with Crippen molar-refractivity contribution in [3.05, 3.63) is 12.3 Å². The van der Waals surface area contributed by atoms with Crippen LogP contribution in [0.4, 0.5) is 0 Å². The van der Waals surface area contributed by atoms with Gasteiger partial charge in [0.2, 0.25) is 0 Å². The molecule has 88 valence electrons. The number of carbonyl (C=O) groups excluding carboxylic acids is 1. The van der Waals surface area contributed by atoms with E-state index in [-0.39, 0.29) is 11.6 Å². The maximum Gasteiger partial charge on any atom is 0.266 e. The van der Waals surface area contributed by atoms with Gasteiger partial charge in [-0.05, 0) is 55.8 Å². The molecule has 4 saturated carbocycles. The summed E-state index contributed by atoms with van der Waals surface area (Å²) in [7, 11) is 0. The van der Waals surface area contributed by atoms with Crippen LogP contribution in [0.25, 0.3) is 0 Å². The summed E-state index contributed by atoms with van der Waals surface area (Å²) in [5.74, 6) is 3.14. The fraction of sp³-hybridized carbons (Fsp3) is 0.769. The Bertz CT molecular complexity index is 309. The fourth-order valence-corrected chi connectivity index (χ4v) is 4.40. The predicted octanol–water partition coefficient (Wildman–Crippen LogP) is 1.40. The van der Waals surface area contributed by atoms with Crippen LogP contribution >= 0.6 is 0 Å². The molecule has 4 rings (SSSR count). The van der Waals surface area contributed by atoms with Crippen molar-refractivity contribution in [1.82, 2.24) is 5.32 Å². The van der Waals surface area contributed by atoms with Crippen LogP contribution in [0.3, 0.4) is 0 Å². The lowest BCUT2D eigenvalue weighted by Crippen LogP contribution is -2.56. The van der Waals surface area contributed by atoms with Crippen LogP contribution in [0.15, 0.2) is 12.3 Å². The molecule has 3 N–H and O–H groups in total. The minimum atomic E-state index is -0.155. The number of rotatable bonds is 2. The largest absolute Gasteiger partial charge is 0.395 e. The van der Waals surface area contributed by atoms with Crippen LogP contribution in [-0.2, 0) is 4.79 Å². The molecule has 4 bridgehead atoms. The molecule has 16 heavy (non-hydrogen) atoms. The molecular formula is C13H20N2O. The van der Waals surface area contributed by atoms with E-state index in [0.29, 0.717) is 17.9 Å². The first-order valence-electron chi connectivity index (χ1n) is 6.38. The van der Waals surface area contributed by atoms with Crippen molar-refractivity contribution in [2.45, 2.75) is 38.1 Å². The van der Waals surface area contributed by atoms with Gasteiger partial charge in [-0.25, -0.2) is 0 Å².